The summed E-state index contributed by atoms with van der Waals surface area (Å²) >= 11 is 0. The molecule has 0 aliphatic carbocycles. The van der Waals surface area contributed by atoms with E-state index < -0.39 is 0 Å². The van der Waals surface area contributed by atoms with Crippen LogP contribution in [0, 0.1) is 5.92 Å². The van der Waals surface area contributed by atoms with Crippen LogP contribution in [0.2, 0.25) is 0 Å². The van der Waals surface area contributed by atoms with Crippen LogP contribution in [0.15, 0.2) is 28.8 Å². The lowest BCUT2D eigenvalue weighted by Crippen LogP contribution is -2.26. The highest BCUT2D eigenvalue weighted by Gasteiger charge is 2.14. The fourth-order valence-corrected chi connectivity index (χ4v) is 3.08. The Balaban J connectivity index is 0.00000261. The van der Waals surface area contributed by atoms with Gasteiger partial charge in [0.05, 0.1) is 7.11 Å². The minimum atomic E-state index is 0. The predicted octanol–water partition coefficient (Wildman–Crippen LogP) is 2.61. The van der Waals surface area contributed by atoms with Gasteiger partial charge in [0, 0.05) is 24.9 Å². The van der Waals surface area contributed by atoms with E-state index in [1.54, 1.807) is 7.11 Å². The van der Waals surface area contributed by atoms with E-state index in [4.69, 9.17) is 9.26 Å². The highest BCUT2D eigenvalue weighted by atomic mass is 35.5. The Labute approximate surface area is 165 Å². The summed E-state index contributed by atoms with van der Waals surface area (Å²) in [6, 6.07) is 7.50. The van der Waals surface area contributed by atoms with Crippen LogP contribution in [-0.4, -0.2) is 42.8 Å². The topological polar surface area (TPSA) is 89.3 Å². The zero-order valence-corrected chi connectivity index (χ0v) is 16.4. The molecule has 1 aromatic carbocycles. The number of hydrogen-bond donors (Lipinski definition) is 2. The average Bonchev–Trinajstić information content (AvgIpc) is 3.34. The van der Waals surface area contributed by atoms with Crippen LogP contribution in [0.3, 0.4) is 0 Å². The Kier molecular flexibility index (Phi) is 8.54. The summed E-state index contributed by atoms with van der Waals surface area (Å²) in [5.41, 5.74) is 0.875. The van der Waals surface area contributed by atoms with Gasteiger partial charge in [-0.05, 0) is 62.5 Å². The lowest BCUT2D eigenvalue weighted by Gasteiger charge is -2.09. The van der Waals surface area contributed by atoms with Crippen molar-refractivity contribution < 1.29 is 14.1 Å². The summed E-state index contributed by atoms with van der Waals surface area (Å²) in [6.07, 6.45) is 4.03. The van der Waals surface area contributed by atoms with Crippen LogP contribution in [0.25, 0.3) is 11.4 Å². The molecule has 0 bridgehead atoms. The molecule has 3 rings (SSSR count). The molecule has 7 nitrogen and oxygen atoms in total. The van der Waals surface area contributed by atoms with Gasteiger partial charge in [-0.2, -0.15) is 4.98 Å². The van der Waals surface area contributed by atoms with Gasteiger partial charge in [0.2, 0.25) is 17.6 Å². The summed E-state index contributed by atoms with van der Waals surface area (Å²) in [7, 11) is 1.63. The lowest BCUT2D eigenvalue weighted by atomic mass is 10.1. The molecule has 148 valence electrons. The molecule has 1 amide bonds. The largest absolute Gasteiger partial charge is 0.497 e. The Bertz CT molecular complexity index is 699. The maximum Gasteiger partial charge on any atom is 0.226 e. The Morgan fingerprint density at radius 2 is 2.19 bits per heavy atom. The monoisotopic (exact) mass is 394 g/mol. The molecular weight excluding hydrogens is 368 g/mol. The Morgan fingerprint density at radius 1 is 1.37 bits per heavy atom. The molecule has 8 heteroatoms. The first-order valence-electron chi connectivity index (χ1n) is 9.19. The van der Waals surface area contributed by atoms with E-state index in [1.165, 1.54) is 6.42 Å². The molecule has 1 aliphatic rings. The fourth-order valence-electron chi connectivity index (χ4n) is 3.08. The molecule has 1 aromatic heterocycles. The zero-order chi connectivity index (χ0) is 18.2. The van der Waals surface area contributed by atoms with Gasteiger partial charge in [0.25, 0.3) is 0 Å². The SMILES string of the molecule is COc1ccc(-c2noc(CCCC(=O)NCCC3CCNC3)n2)cc1.Cl. The molecule has 1 fully saturated rings. The van der Waals surface area contributed by atoms with Crippen molar-refractivity contribution >= 4 is 18.3 Å². The number of halogens is 1. The van der Waals surface area contributed by atoms with Gasteiger partial charge in [-0.1, -0.05) is 5.16 Å². The second kappa shape index (κ2) is 10.9. The number of rotatable bonds is 9. The van der Waals surface area contributed by atoms with Crippen molar-refractivity contribution in [2.45, 2.75) is 32.1 Å². The third-order valence-electron chi connectivity index (χ3n) is 4.65. The maximum absolute atomic E-state index is 11.9. The fraction of sp³-hybridized carbons (Fsp3) is 0.526. The molecular formula is C19H27ClN4O3. The summed E-state index contributed by atoms with van der Waals surface area (Å²) in [5, 5.41) is 10.3. The van der Waals surface area contributed by atoms with Crippen molar-refractivity contribution in [1.29, 1.82) is 0 Å². The smallest absolute Gasteiger partial charge is 0.226 e. The second-order valence-corrected chi connectivity index (χ2v) is 6.59. The number of aryl methyl sites for hydroxylation is 1. The summed E-state index contributed by atoms with van der Waals surface area (Å²) in [5.74, 6) is 2.68. The van der Waals surface area contributed by atoms with E-state index in [0.29, 0.717) is 36.9 Å². The van der Waals surface area contributed by atoms with Crippen LogP contribution < -0.4 is 15.4 Å². The van der Waals surface area contributed by atoms with Crippen molar-refractivity contribution in [2.24, 2.45) is 5.92 Å². The van der Waals surface area contributed by atoms with E-state index in [-0.39, 0.29) is 18.3 Å². The van der Waals surface area contributed by atoms with E-state index >= 15 is 0 Å². The van der Waals surface area contributed by atoms with Gasteiger partial charge in [-0.25, -0.2) is 0 Å². The van der Waals surface area contributed by atoms with Gasteiger partial charge < -0.3 is 19.9 Å². The number of ether oxygens (including phenoxy) is 1. The van der Waals surface area contributed by atoms with E-state index in [2.05, 4.69) is 20.8 Å². The molecule has 0 spiro atoms. The minimum absolute atomic E-state index is 0. The van der Waals surface area contributed by atoms with Crippen molar-refractivity contribution in [1.82, 2.24) is 20.8 Å². The second-order valence-electron chi connectivity index (χ2n) is 6.59. The van der Waals surface area contributed by atoms with Gasteiger partial charge in [0.1, 0.15) is 5.75 Å². The number of aromatic nitrogens is 2. The number of benzene rings is 1. The summed E-state index contributed by atoms with van der Waals surface area (Å²) < 4.78 is 10.4. The number of nitrogens with zero attached hydrogens (tertiary/aromatic N) is 2. The van der Waals surface area contributed by atoms with Crippen molar-refractivity contribution in [2.75, 3.05) is 26.7 Å². The van der Waals surface area contributed by atoms with Crippen LogP contribution in [0.1, 0.15) is 31.6 Å². The van der Waals surface area contributed by atoms with E-state index in [9.17, 15) is 4.79 Å². The molecule has 2 aromatic rings. The number of methoxy groups -OCH3 is 1. The van der Waals surface area contributed by atoms with Gasteiger partial charge in [-0.3, -0.25) is 4.79 Å². The van der Waals surface area contributed by atoms with Gasteiger partial charge >= 0.3 is 0 Å². The van der Waals surface area contributed by atoms with Gasteiger partial charge in [-0.15, -0.1) is 12.4 Å². The standard InChI is InChI=1S/C19H26N4O3.ClH/c1-25-16-7-5-15(6-8-16)19-22-18(26-23-19)4-2-3-17(24)21-12-10-14-9-11-20-13-14;/h5-8,14,20H,2-4,9-13H2,1H3,(H,21,24);1H. The van der Waals surface area contributed by atoms with Crippen molar-refractivity contribution in [3.63, 3.8) is 0 Å². The number of amides is 1. The highest BCUT2D eigenvalue weighted by Crippen LogP contribution is 2.20. The molecule has 1 atom stereocenters. The maximum atomic E-state index is 11.9. The predicted molar refractivity (Wildman–Crippen MR) is 105 cm³/mol. The Hall–Kier alpha value is -2.12. The third-order valence-corrected chi connectivity index (χ3v) is 4.65. The lowest BCUT2D eigenvalue weighted by molar-refractivity contribution is -0.121. The first-order valence-corrected chi connectivity index (χ1v) is 9.19. The van der Waals surface area contributed by atoms with Crippen LogP contribution >= 0.6 is 12.4 Å². The molecule has 0 radical (unpaired) electrons. The van der Waals surface area contributed by atoms with E-state index in [0.717, 1.165) is 37.4 Å². The first kappa shape index (κ1) is 21.2. The average molecular weight is 395 g/mol. The van der Waals surface area contributed by atoms with Crippen molar-refractivity contribution in [3.05, 3.63) is 30.2 Å². The number of carbonyl (C=O) groups is 1. The third kappa shape index (κ3) is 6.52. The van der Waals surface area contributed by atoms with E-state index in [1.807, 2.05) is 24.3 Å². The minimum Gasteiger partial charge on any atom is -0.497 e. The molecule has 2 heterocycles. The zero-order valence-electron chi connectivity index (χ0n) is 15.6. The van der Waals surface area contributed by atoms with Crippen LogP contribution in [0.5, 0.6) is 5.75 Å². The summed E-state index contributed by atoms with van der Waals surface area (Å²) in [6.45, 7) is 2.93. The normalized spacial score (nSPS) is 16.0. The molecule has 1 aliphatic heterocycles. The molecule has 2 N–H and O–H groups in total. The summed E-state index contributed by atoms with van der Waals surface area (Å²) in [4.78, 5) is 16.3. The van der Waals surface area contributed by atoms with Crippen LogP contribution in [-0.2, 0) is 11.2 Å². The molecule has 1 unspecified atom stereocenters. The number of nitrogens with one attached hydrogen (secondary N) is 2. The molecule has 0 saturated carbocycles. The van der Waals surface area contributed by atoms with Crippen molar-refractivity contribution in [3.8, 4) is 17.1 Å². The Morgan fingerprint density at radius 3 is 2.89 bits per heavy atom. The van der Waals surface area contributed by atoms with Gasteiger partial charge in [0.15, 0.2) is 0 Å². The van der Waals surface area contributed by atoms with Crippen LogP contribution in [0.4, 0.5) is 0 Å². The molecule has 1 saturated heterocycles. The highest BCUT2D eigenvalue weighted by molar-refractivity contribution is 5.85. The molecule has 27 heavy (non-hydrogen) atoms. The first-order chi connectivity index (χ1) is 12.7. The number of hydrogen-bond acceptors (Lipinski definition) is 6. The number of carbonyl (C=O) groups excluding carboxylic acids is 1. The quantitative estimate of drug-likeness (QED) is 0.679.